The average molecular weight is 438 g/mol. The van der Waals surface area contributed by atoms with Gasteiger partial charge in [0.25, 0.3) is 5.91 Å². The van der Waals surface area contributed by atoms with Crippen LogP contribution < -0.4 is 9.62 Å². The lowest BCUT2D eigenvalue weighted by Gasteiger charge is -2.22. The molecule has 1 amide bonds. The molecule has 2 unspecified atom stereocenters. The molecule has 8 nitrogen and oxygen atoms in total. The van der Waals surface area contributed by atoms with E-state index in [9.17, 15) is 18.0 Å². The lowest BCUT2D eigenvalue weighted by molar-refractivity contribution is -0.123. The van der Waals surface area contributed by atoms with E-state index in [1.54, 1.807) is 25.1 Å². The van der Waals surface area contributed by atoms with Gasteiger partial charge in [0.2, 0.25) is 10.0 Å². The Kier molecular flexibility index (Phi) is 5.81. The molecule has 2 atom stereocenters. The van der Waals surface area contributed by atoms with E-state index in [2.05, 4.69) is 10.3 Å². The molecule has 0 fully saturated rings. The molecule has 3 rings (SSSR count). The first kappa shape index (κ1) is 21.1. The van der Waals surface area contributed by atoms with Crippen molar-refractivity contribution in [3.63, 3.8) is 0 Å². The number of pyridine rings is 1. The van der Waals surface area contributed by atoms with Crippen LogP contribution in [-0.4, -0.2) is 43.7 Å². The molecule has 0 radical (unpaired) electrons. The number of rotatable bonds is 5. The number of esters is 1. The van der Waals surface area contributed by atoms with Crippen LogP contribution in [0.5, 0.6) is 0 Å². The maximum absolute atomic E-state index is 12.4. The first-order chi connectivity index (χ1) is 13.6. The van der Waals surface area contributed by atoms with Gasteiger partial charge in [-0.05, 0) is 56.2 Å². The molecule has 1 aliphatic rings. The largest absolute Gasteiger partial charge is 0.449 e. The standard InChI is InChI=1S/C19H20ClN3O5S/c1-11-8-14-9-13(4-6-16(14)23(11)29(3,26)27)19(25)28-12(2)18(24)22-17-7-5-15(20)10-21-17/h4-7,9-12H,8H2,1-3H3,(H,21,22,24). The van der Waals surface area contributed by atoms with Gasteiger partial charge in [0, 0.05) is 12.2 Å². The van der Waals surface area contributed by atoms with Crippen LogP contribution in [0.25, 0.3) is 0 Å². The number of aromatic nitrogens is 1. The van der Waals surface area contributed by atoms with E-state index < -0.39 is 28.0 Å². The highest BCUT2D eigenvalue weighted by Crippen LogP contribution is 2.34. The van der Waals surface area contributed by atoms with Crippen molar-refractivity contribution in [3.05, 3.63) is 52.7 Å². The lowest BCUT2D eigenvalue weighted by atomic mass is 10.1. The summed E-state index contributed by atoms with van der Waals surface area (Å²) in [7, 11) is -3.41. The van der Waals surface area contributed by atoms with Crippen LogP contribution in [0.4, 0.5) is 11.5 Å². The predicted octanol–water partition coefficient (Wildman–Crippen LogP) is 2.63. The molecule has 2 aromatic rings. The molecule has 0 spiro atoms. The number of hydrogen-bond donors (Lipinski definition) is 1. The Balaban J connectivity index is 1.69. The van der Waals surface area contributed by atoms with Crippen LogP contribution in [0.15, 0.2) is 36.5 Å². The maximum atomic E-state index is 12.4. The Hall–Kier alpha value is -2.65. The molecule has 0 aliphatic carbocycles. The summed E-state index contributed by atoms with van der Waals surface area (Å²) in [6, 6.07) is 7.55. The Morgan fingerprint density at radius 1 is 1.31 bits per heavy atom. The molecule has 10 heteroatoms. The van der Waals surface area contributed by atoms with Crippen molar-refractivity contribution in [3.8, 4) is 0 Å². The zero-order chi connectivity index (χ0) is 21.3. The van der Waals surface area contributed by atoms with Crippen molar-refractivity contribution in [2.45, 2.75) is 32.4 Å². The quantitative estimate of drug-likeness (QED) is 0.721. The van der Waals surface area contributed by atoms with Crippen molar-refractivity contribution >= 4 is 45.0 Å². The summed E-state index contributed by atoms with van der Waals surface area (Å²) in [6.45, 7) is 3.25. The van der Waals surface area contributed by atoms with E-state index in [4.69, 9.17) is 16.3 Å². The Morgan fingerprint density at radius 3 is 2.66 bits per heavy atom. The minimum atomic E-state index is -3.41. The molecular formula is C19H20ClN3O5S. The fourth-order valence-corrected chi connectivity index (χ4v) is 4.57. The highest BCUT2D eigenvalue weighted by molar-refractivity contribution is 7.92. The molecule has 0 saturated carbocycles. The number of sulfonamides is 1. The second-order valence-corrected chi connectivity index (χ2v) is 9.15. The molecule has 1 N–H and O–H groups in total. The summed E-state index contributed by atoms with van der Waals surface area (Å²) in [5, 5.41) is 2.97. The molecule has 1 aromatic carbocycles. The number of ether oxygens (including phenoxy) is 1. The van der Waals surface area contributed by atoms with Gasteiger partial charge in [-0.25, -0.2) is 18.2 Å². The average Bonchev–Trinajstić information content (AvgIpc) is 2.98. The van der Waals surface area contributed by atoms with Gasteiger partial charge in [0.05, 0.1) is 22.5 Å². The van der Waals surface area contributed by atoms with Crippen molar-refractivity contribution < 1.29 is 22.7 Å². The SMILES string of the molecule is CC(OC(=O)c1ccc2c(c1)CC(C)N2S(C)(=O)=O)C(=O)Nc1ccc(Cl)cn1. The number of anilines is 2. The zero-order valence-electron chi connectivity index (χ0n) is 16.0. The third-order valence-corrected chi connectivity index (χ3v) is 5.95. The number of amides is 1. The second-order valence-electron chi connectivity index (χ2n) is 6.85. The number of carbonyl (C=O) groups is 2. The van der Waals surface area contributed by atoms with Gasteiger partial charge in [0.15, 0.2) is 6.10 Å². The Morgan fingerprint density at radius 2 is 2.03 bits per heavy atom. The minimum Gasteiger partial charge on any atom is -0.449 e. The first-order valence-electron chi connectivity index (χ1n) is 8.82. The smallest absolute Gasteiger partial charge is 0.338 e. The fourth-order valence-electron chi connectivity index (χ4n) is 3.19. The van der Waals surface area contributed by atoms with E-state index >= 15 is 0 Å². The van der Waals surface area contributed by atoms with E-state index in [-0.39, 0.29) is 17.4 Å². The number of nitrogens with zero attached hydrogens (tertiary/aromatic N) is 2. The molecule has 154 valence electrons. The number of hydrogen-bond acceptors (Lipinski definition) is 6. The second kappa shape index (κ2) is 8.00. The van der Waals surface area contributed by atoms with Crippen LogP contribution in [0.3, 0.4) is 0 Å². The molecule has 1 aliphatic heterocycles. The molecule has 2 heterocycles. The summed E-state index contributed by atoms with van der Waals surface area (Å²) in [5.74, 6) is -0.925. The third kappa shape index (κ3) is 4.68. The molecule has 0 saturated heterocycles. The van der Waals surface area contributed by atoms with Gasteiger partial charge < -0.3 is 10.1 Å². The summed E-state index contributed by atoms with van der Waals surface area (Å²) >= 11 is 5.75. The predicted molar refractivity (Wildman–Crippen MR) is 110 cm³/mol. The van der Waals surface area contributed by atoms with Crippen molar-refractivity contribution in [1.82, 2.24) is 4.98 Å². The third-order valence-electron chi connectivity index (χ3n) is 4.46. The van der Waals surface area contributed by atoms with Crippen LogP contribution in [-0.2, 0) is 26.0 Å². The van der Waals surface area contributed by atoms with Crippen molar-refractivity contribution in [2.24, 2.45) is 0 Å². The van der Waals surface area contributed by atoms with Gasteiger partial charge >= 0.3 is 5.97 Å². The van der Waals surface area contributed by atoms with Crippen LogP contribution in [0.2, 0.25) is 5.02 Å². The number of fused-ring (bicyclic) bond motifs is 1. The van der Waals surface area contributed by atoms with Gasteiger partial charge in [-0.1, -0.05) is 11.6 Å². The van der Waals surface area contributed by atoms with Crippen LogP contribution in [0.1, 0.15) is 29.8 Å². The lowest BCUT2D eigenvalue weighted by Crippen LogP contribution is -2.34. The molecule has 1 aromatic heterocycles. The maximum Gasteiger partial charge on any atom is 0.338 e. The van der Waals surface area contributed by atoms with E-state index in [0.29, 0.717) is 17.1 Å². The van der Waals surface area contributed by atoms with Gasteiger partial charge in [-0.2, -0.15) is 0 Å². The number of carbonyl (C=O) groups excluding carboxylic acids is 2. The molecule has 0 bridgehead atoms. The fraction of sp³-hybridized carbons (Fsp3) is 0.316. The van der Waals surface area contributed by atoms with Crippen molar-refractivity contribution in [1.29, 1.82) is 0 Å². The number of benzene rings is 1. The molecular weight excluding hydrogens is 418 g/mol. The van der Waals surface area contributed by atoms with Crippen LogP contribution in [0, 0.1) is 0 Å². The minimum absolute atomic E-state index is 0.233. The Labute approximate surface area is 173 Å². The van der Waals surface area contributed by atoms with Gasteiger partial charge in [-0.3, -0.25) is 9.10 Å². The van der Waals surface area contributed by atoms with E-state index in [1.165, 1.54) is 29.6 Å². The monoisotopic (exact) mass is 437 g/mol. The number of halogens is 1. The number of nitrogens with one attached hydrogen (secondary N) is 1. The summed E-state index contributed by atoms with van der Waals surface area (Å²) in [4.78, 5) is 28.6. The first-order valence-corrected chi connectivity index (χ1v) is 11.0. The Bertz CT molecular complexity index is 1060. The highest BCUT2D eigenvalue weighted by atomic mass is 35.5. The van der Waals surface area contributed by atoms with Gasteiger partial charge in [0.1, 0.15) is 5.82 Å². The van der Waals surface area contributed by atoms with E-state index in [0.717, 1.165) is 11.8 Å². The highest BCUT2D eigenvalue weighted by Gasteiger charge is 2.33. The normalized spacial score (nSPS) is 16.8. The van der Waals surface area contributed by atoms with E-state index in [1.807, 2.05) is 0 Å². The molecule has 29 heavy (non-hydrogen) atoms. The summed E-state index contributed by atoms with van der Waals surface area (Å²) in [5.41, 5.74) is 1.53. The zero-order valence-corrected chi connectivity index (χ0v) is 17.6. The summed E-state index contributed by atoms with van der Waals surface area (Å²) < 4.78 is 30.6. The van der Waals surface area contributed by atoms with Gasteiger partial charge in [-0.15, -0.1) is 0 Å². The van der Waals surface area contributed by atoms with Crippen molar-refractivity contribution in [2.75, 3.05) is 15.9 Å². The summed E-state index contributed by atoms with van der Waals surface area (Å²) in [6.07, 6.45) is 1.97. The van der Waals surface area contributed by atoms with Crippen LogP contribution >= 0.6 is 11.6 Å². The topological polar surface area (TPSA) is 106 Å².